The highest BCUT2D eigenvalue weighted by atomic mass is 32.2. The van der Waals surface area contributed by atoms with Gasteiger partial charge in [0.15, 0.2) is 11.5 Å². The third-order valence-corrected chi connectivity index (χ3v) is 6.84. The fraction of sp³-hybridized carbons (Fsp3) is 0.333. The number of nitrogens with zero attached hydrogens (tertiary/aromatic N) is 3. The predicted molar refractivity (Wildman–Crippen MR) is 116 cm³/mol. The number of hydrogen-bond donors (Lipinski definition) is 0. The summed E-state index contributed by atoms with van der Waals surface area (Å²) in [6, 6.07) is 9.68. The lowest BCUT2D eigenvalue weighted by Gasteiger charge is -2.36. The van der Waals surface area contributed by atoms with Crippen molar-refractivity contribution in [2.45, 2.75) is 18.7 Å². The minimum Gasteiger partial charge on any atom is -0.493 e. The van der Waals surface area contributed by atoms with Gasteiger partial charge in [0.1, 0.15) is 11.4 Å². The number of carbonyl (C=O) groups excluding carboxylic acids is 2. The van der Waals surface area contributed by atoms with Gasteiger partial charge in [-0.05, 0) is 38.1 Å². The Morgan fingerprint density at radius 1 is 1.00 bits per heavy atom. The van der Waals surface area contributed by atoms with E-state index < -0.39 is 16.1 Å². The molecule has 0 aromatic heterocycles. The van der Waals surface area contributed by atoms with Crippen LogP contribution in [0, 0.1) is 0 Å². The number of rotatable bonds is 7. The molecular weight excluding hydrogens is 422 g/mol. The van der Waals surface area contributed by atoms with E-state index in [1.807, 2.05) is 13.8 Å². The summed E-state index contributed by atoms with van der Waals surface area (Å²) in [7, 11) is -1.34. The SMILES string of the molecule is CCN(CC)C(=O)CN1C(=O)N(c2ccc(OC)c(OC)c2)S(=O)(=O)c2ccccc21. The fourth-order valence-corrected chi connectivity index (χ4v) is 5.06. The van der Waals surface area contributed by atoms with Gasteiger partial charge in [-0.25, -0.2) is 13.2 Å². The molecule has 166 valence electrons. The second-order valence-electron chi connectivity index (χ2n) is 6.71. The zero-order valence-electron chi connectivity index (χ0n) is 17.9. The number of para-hydroxylation sites is 1. The molecule has 10 heteroatoms. The molecule has 0 unspecified atom stereocenters. The maximum Gasteiger partial charge on any atom is 0.343 e. The van der Waals surface area contributed by atoms with Crippen molar-refractivity contribution in [3.05, 3.63) is 42.5 Å². The van der Waals surface area contributed by atoms with E-state index in [0.717, 1.165) is 0 Å². The van der Waals surface area contributed by atoms with Gasteiger partial charge in [-0.15, -0.1) is 0 Å². The average molecular weight is 448 g/mol. The van der Waals surface area contributed by atoms with Crippen LogP contribution in [0.2, 0.25) is 0 Å². The first kappa shape index (κ1) is 22.4. The van der Waals surface area contributed by atoms with Crippen molar-refractivity contribution in [3.63, 3.8) is 0 Å². The molecule has 0 spiro atoms. The highest BCUT2D eigenvalue weighted by Gasteiger charge is 2.43. The van der Waals surface area contributed by atoms with Crippen molar-refractivity contribution < 1.29 is 27.5 Å². The van der Waals surface area contributed by atoms with Gasteiger partial charge in [0.2, 0.25) is 5.91 Å². The summed E-state index contributed by atoms with van der Waals surface area (Å²) in [5, 5.41) is 0. The Kier molecular flexibility index (Phi) is 6.40. The lowest BCUT2D eigenvalue weighted by Crippen LogP contribution is -2.54. The molecule has 1 heterocycles. The van der Waals surface area contributed by atoms with Crippen molar-refractivity contribution in [2.75, 3.05) is 43.1 Å². The molecule has 1 aliphatic heterocycles. The number of benzene rings is 2. The Bertz CT molecular complexity index is 1100. The first-order chi connectivity index (χ1) is 14.8. The zero-order valence-corrected chi connectivity index (χ0v) is 18.7. The minimum atomic E-state index is -4.21. The monoisotopic (exact) mass is 447 g/mol. The van der Waals surface area contributed by atoms with Crippen molar-refractivity contribution in [2.24, 2.45) is 0 Å². The van der Waals surface area contributed by atoms with Gasteiger partial charge in [-0.1, -0.05) is 12.1 Å². The largest absolute Gasteiger partial charge is 0.493 e. The first-order valence-corrected chi connectivity index (χ1v) is 11.2. The molecule has 0 atom stereocenters. The van der Waals surface area contributed by atoms with Crippen molar-refractivity contribution >= 4 is 33.3 Å². The van der Waals surface area contributed by atoms with E-state index >= 15 is 0 Å². The topological polar surface area (TPSA) is 96.5 Å². The van der Waals surface area contributed by atoms with Crippen LogP contribution in [0.3, 0.4) is 0 Å². The molecule has 9 nitrogen and oxygen atoms in total. The van der Waals surface area contributed by atoms with E-state index in [0.29, 0.717) is 23.1 Å². The molecule has 0 fully saturated rings. The van der Waals surface area contributed by atoms with Gasteiger partial charge in [-0.2, -0.15) is 4.31 Å². The summed E-state index contributed by atoms with van der Waals surface area (Å²) in [6.07, 6.45) is 0. The highest BCUT2D eigenvalue weighted by molar-refractivity contribution is 7.94. The van der Waals surface area contributed by atoms with Crippen molar-refractivity contribution in [1.29, 1.82) is 0 Å². The van der Waals surface area contributed by atoms with Crippen LogP contribution in [0.15, 0.2) is 47.4 Å². The molecule has 3 rings (SSSR count). The van der Waals surface area contributed by atoms with E-state index in [4.69, 9.17) is 9.47 Å². The second kappa shape index (κ2) is 8.84. The van der Waals surface area contributed by atoms with Crippen LogP contribution < -0.4 is 18.7 Å². The maximum atomic E-state index is 13.4. The Hall–Kier alpha value is -3.27. The standard InChI is InChI=1S/C21H25N3O6S/c1-5-22(6-2)20(25)14-23-16-9-7-8-10-19(16)31(27,28)24(21(23)26)15-11-12-17(29-3)18(13-15)30-4/h7-13H,5-6,14H2,1-4H3. The van der Waals surface area contributed by atoms with Crippen LogP contribution in [0.25, 0.3) is 0 Å². The molecule has 31 heavy (non-hydrogen) atoms. The minimum absolute atomic E-state index is 0.0586. The lowest BCUT2D eigenvalue weighted by molar-refractivity contribution is -0.129. The van der Waals surface area contributed by atoms with E-state index in [1.165, 1.54) is 49.5 Å². The second-order valence-corrected chi connectivity index (χ2v) is 8.47. The zero-order chi connectivity index (χ0) is 22.8. The summed E-state index contributed by atoms with van der Waals surface area (Å²) < 4.78 is 37.9. The van der Waals surface area contributed by atoms with Gasteiger partial charge in [0, 0.05) is 19.2 Å². The molecule has 0 saturated heterocycles. The van der Waals surface area contributed by atoms with Crippen LogP contribution in [0.5, 0.6) is 11.5 Å². The molecule has 0 aliphatic carbocycles. The first-order valence-electron chi connectivity index (χ1n) is 9.75. The van der Waals surface area contributed by atoms with Crippen LogP contribution in [0.4, 0.5) is 16.2 Å². The third kappa shape index (κ3) is 3.90. The van der Waals surface area contributed by atoms with Crippen LogP contribution in [0.1, 0.15) is 13.8 Å². The molecule has 0 saturated carbocycles. The summed E-state index contributed by atoms with van der Waals surface area (Å²) in [5.74, 6) is 0.384. The maximum absolute atomic E-state index is 13.4. The number of ether oxygens (including phenoxy) is 2. The van der Waals surface area contributed by atoms with Crippen LogP contribution in [-0.2, 0) is 14.8 Å². The smallest absolute Gasteiger partial charge is 0.343 e. The van der Waals surface area contributed by atoms with Gasteiger partial charge >= 0.3 is 6.03 Å². The highest BCUT2D eigenvalue weighted by Crippen LogP contribution is 2.39. The normalized spacial score (nSPS) is 14.8. The van der Waals surface area contributed by atoms with Crippen molar-refractivity contribution in [3.8, 4) is 11.5 Å². The number of methoxy groups -OCH3 is 2. The number of urea groups is 1. The van der Waals surface area contributed by atoms with Crippen LogP contribution in [-0.4, -0.2) is 59.1 Å². The lowest BCUT2D eigenvalue weighted by atomic mass is 10.2. The van der Waals surface area contributed by atoms with E-state index in [1.54, 1.807) is 17.0 Å². The van der Waals surface area contributed by atoms with E-state index in [-0.39, 0.29) is 34.5 Å². The summed E-state index contributed by atoms with van der Waals surface area (Å²) in [5.41, 5.74) is 0.252. The van der Waals surface area contributed by atoms with Gasteiger partial charge in [0.05, 0.1) is 25.6 Å². The molecule has 0 radical (unpaired) electrons. The average Bonchev–Trinajstić information content (AvgIpc) is 2.77. The van der Waals surface area contributed by atoms with Gasteiger partial charge in [0.25, 0.3) is 10.0 Å². The fourth-order valence-electron chi connectivity index (χ4n) is 3.48. The Morgan fingerprint density at radius 2 is 1.65 bits per heavy atom. The molecular formula is C21H25N3O6S. The van der Waals surface area contributed by atoms with Gasteiger partial charge in [-0.3, -0.25) is 9.69 Å². The molecule has 3 amide bonds. The molecule has 2 aromatic rings. The number of sulfonamides is 1. The van der Waals surface area contributed by atoms with Crippen molar-refractivity contribution in [1.82, 2.24) is 4.90 Å². The van der Waals surface area contributed by atoms with E-state index in [9.17, 15) is 18.0 Å². The Balaban J connectivity index is 2.14. The number of anilines is 2. The van der Waals surface area contributed by atoms with E-state index in [2.05, 4.69) is 0 Å². The predicted octanol–water partition coefficient (Wildman–Crippen LogP) is 2.71. The molecule has 2 aromatic carbocycles. The Labute approximate surface area is 181 Å². The number of likely N-dealkylation sites (N-methyl/N-ethyl adjacent to an activating group) is 1. The Morgan fingerprint density at radius 3 is 2.26 bits per heavy atom. The summed E-state index contributed by atoms with van der Waals surface area (Å²) in [4.78, 5) is 28.9. The molecule has 0 N–H and O–H groups in total. The van der Waals surface area contributed by atoms with Crippen LogP contribution >= 0.6 is 0 Å². The number of carbonyl (C=O) groups is 2. The van der Waals surface area contributed by atoms with Gasteiger partial charge < -0.3 is 14.4 Å². The number of fused-ring (bicyclic) bond motifs is 1. The summed E-state index contributed by atoms with van der Waals surface area (Å²) >= 11 is 0. The number of hydrogen-bond acceptors (Lipinski definition) is 6. The number of amides is 3. The third-order valence-electron chi connectivity index (χ3n) is 5.09. The summed E-state index contributed by atoms with van der Waals surface area (Å²) in [6.45, 7) is 4.37. The molecule has 1 aliphatic rings. The molecule has 0 bridgehead atoms. The quantitative estimate of drug-likeness (QED) is 0.648.